The van der Waals surface area contributed by atoms with E-state index in [1.807, 2.05) is 6.08 Å². The molecule has 2 N–H and O–H groups in total. The summed E-state index contributed by atoms with van der Waals surface area (Å²) < 4.78 is 23.9. The van der Waals surface area contributed by atoms with E-state index in [9.17, 15) is 13.2 Å². The van der Waals surface area contributed by atoms with E-state index in [0.717, 1.165) is 25.5 Å². The Labute approximate surface area is 103 Å². The summed E-state index contributed by atoms with van der Waals surface area (Å²) in [6.07, 6.45) is 8.56. The Balaban J connectivity index is 2.10. The van der Waals surface area contributed by atoms with Crippen molar-refractivity contribution in [2.45, 2.75) is 25.7 Å². The van der Waals surface area contributed by atoms with Gasteiger partial charge in [-0.1, -0.05) is 12.2 Å². The predicted molar refractivity (Wildman–Crippen MR) is 67.0 cm³/mol. The van der Waals surface area contributed by atoms with Gasteiger partial charge in [0, 0.05) is 19.0 Å². The van der Waals surface area contributed by atoms with Gasteiger partial charge < -0.3 is 5.32 Å². The Morgan fingerprint density at radius 2 is 2.12 bits per heavy atom. The van der Waals surface area contributed by atoms with Crippen LogP contribution in [0.4, 0.5) is 0 Å². The summed E-state index contributed by atoms with van der Waals surface area (Å²) >= 11 is 0. The molecule has 0 aromatic heterocycles. The predicted octanol–water partition coefficient (Wildman–Crippen LogP) is 0.398. The van der Waals surface area contributed by atoms with Crippen molar-refractivity contribution in [2.24, 2.45) is 5.92 Å². The van der Waals surface area contributed by atoms with Crippen LogP contribution in [0.5, 0.6) is 0 Å². The second-order valence-electron chi connectivity index (χ2n) is 4.29. The normalized spacial score (nSPS) is 20.2. The van der Waals surface area contributed by atoms with Gasteiger partial charge in [-0.25, -0.2) is 13.1 Å². The summed E-state index contributed by atoms with van der Waals surface area (Å²) in [5.41, 5.74) is 0. The van der Waals surface area contributed by atoms with Crippen LogP contribution in [-0.4, -0.2) is 33.7 Å². The molecule has 0 aliphatic heterocycles. The molecule has 0 saturated carbocycles. The lowest BCUT2D eigenvalue weighted by Crippen LogP contribution is -2.33. The van der Waals surface area contributed by atoms with Crippen molar-refractivity contribution in [3.8, 4) is 0 Å². The lowest BCUT2D eigenvalue weighted by molar-refractivity contribution is -0.125. The van der Waals surface area contributed by atoms with Crippen LogP contribution in [0.3, 0.4) is 0 Å². The lowest BCUT2D eigenvalue weighted by atomic mass is 9.94. The third kappa shape index (κ3) is 6.43. The Bertz CT molecular complexity index is 376. The van der Waals surface area contributed by atoms with Crippen LogP contribution in [0, 0.1) is 5.92 Å². The molecule has 1 amide bonds. The highest BCUT2D eigenvalue weighted by molar-refractivity contribution is 7.88. The zero-order valence-corrected chi connectivity index (χ0v) is 10.9. The highest BCUT2D eigenvalue weighted by Crippen LogP contribution is 2.17. The first-order valence-electron chi connectivity index (χ1n) is 5.86. The van der Waals surface area contributed by atoms with Gasteiger partial charge in [0.2, 0.25) is 15.9 Å². The second-order valence-corrected chi connectivity index (χ2v) is 6.13. The van der Waals surface area contributed by atoms with Crippen molar-refractivity contribution in [3.63, 3.8) is 0 Å². The molecule has 1 unspecified atom stereocenters. The quantitative estimate of drug-likeness (QED) is 0.536. The van der Waals surface area contributed by atoms with Gasteiger partial charge in [-0.05, 0) is 25.7 Å². The molecule has 6 heteroatoms. The van der Waals surface area contributed by atoms with Gasteiger partial charge in [0.1, 0.15) is 0 Å². The SMILES string of the molecule is CS(=O)(=O)NCCCNC(=O)C1CC=CCC1. The van der Waals surface area contributed by atoms with E-state index < -0.39 is 10.0 Å². The van der Waals surface area contributed by atoms with Crippen LogP contribution in [-0.2, 0) is 14.8 Å². The molecule has 1 rings (SSSR count). The van der Waals surface area contributed by atoms with E-state index in [4.69, 9.17) is 0 Å². The lowest BCUT2D eigenvalue weighted by Gasteiger charge is -2.17. The molecule has 0 heterocycles. The minimum absolute atomic E-state index is 0.0775. The summed E-state index contributed by atoms with van der Waals surface area (Å²) in [4.78, 5) is 11.7. The molecule has 98 valence electrons. The second kappa shape index (κ2) is 6.76. The van der Waals surface area contributed by atoms with E-state index >= 15 is 0 Å². The van der Waals surface area contributed by atoms with Crippen molar-refractivity contribution in [1.29, 1.82) is 0 Å². The Kier molecular flexibility index (Phi) is 5.64. The molecule has 0 bridgehead atoms. The fourth-order valence-corrected chi connectivity index (χ4v) is 2.25. The summed E-state index contributed by atoms with van der Waals surface area (Å²) in [5, 5.41) is 2.83. The van der Waals surface area contributed by atoms with Gasteiger partial charge in [0.05, 0.1) is 6.26 Å². The van der Waals surface area contributed by atoms with Gasteiger partial charge in [-0.2, -0.15) is 0 Å². The number of allylic oxidation sites excluding steroid dienone is 2. The molecule has 0 spiro atoms. The molecule has 0 aromatic rings. The van der Waals surface area contributed by atoms with Crippen LogP contribution in [0.2, 0.25) is 0 Å². The summed E-state index contributed by atoms with van der Waals surface area (Å²) in [6, 6.07) is 0. The third-order valence-corrected chi connectivity index (χ3v) is 3.39. The average molecular weight is 260 g/mol. The summed E-state index contributed by atoms with van der Waals surface area (Å²) in [5.74, 6) is 0.163. The van der Waals surface area contributed by atoms with Crippen LogP contribution < -0.4 is 10.0 Å². The van der Waals surface area contributed by atoms with Crippen LogP contribution in [0.25, 0.3) is 0 Å². The maximum absolute atomic E-state index is 11.7. The summed E-state index contributed by atoms with van der Waals surface area (Å²) in [7, 11) is -3.12. The van der Waals surface area contributed by atoms with E-state index in [2.05, 4.69) is 16.1 Å². The summed E-state index contributed by atoms with van der Waals surface area (Å²) in [6.45, 7) is 0.880. The van der Waals surface area contributed by atoms with Crippen molar-refractivity contribution in [3.05, 3.63) is 12.2 Å². The number of sulfonamides is 1. The van der Waals surface area contributed by atoms with Gasteiger partial charge in [-0.3, -0.25) is 4.79 Å². The van der Waals surface area contributed by atoms with E-state index in [1.54, 1.807) is 0 Å². The molecule has 1 aliphatic rings. The first-order chi connectivity index (χ1) is 7.99. The van der Waals surface area contributed by atoms with Crippen LogP contribution >= 0.6 is 0 Å². The maximum atomic E-state index is 11.7. The molecular formula is C11H20N2O3S. The first-order valence-corrected chi connectivity index (χ1v) is 7.75. The fraction of sp³-hybridized carbons (Fsp3) is 0.727. The number of nitrogens with one attached hydrogen (secondary N) is 2. The number of amides is 1. The molecule has 17 heavy (non-hydrogen) atoms. The molecule has 1 aliphatic carbocycles. The van der Waals surface area contributed by atoms with Crippen molar-refractivity contribution in [2.75, 3.05) is 19.3 Å². The standard InChI is InChI=1S/C11H20N2O3S/c1-17(15,16)13-9-5-8-12-11(14)10-6-3-2-4-7-10/h2-3,10,13H,4-9H2,1H3,(H,12,14). The van der Waals surface area contributed by atoms with Crippen LogP contribution in [0.15, 0.2) is 12.2 Å². The number of carbonyl (C=O) groups excluding carboxylic acids is 1. The largest absolute Gasteiger partial charge is 0.356 e. The number of rotatable bonds is 6. The third-order valence-electron chi connectivity index (χ3n) is 2.66. The number of hydrogen-bond donors (Lipinski definition) is 2. The highest BCUT2D eigenvalue weighted by Gasteiger charge is 2.17. The van der Waals surface area contributed by atoms with E-state index in [-0.39, 0.29) is 11.8 Å². The maximum Gasteiger partial charge on any atom is 0.223 e. The Morgan fingerprint density at radius 3 is 2.71 bits per heavy atom. The van der Waals surface area contributed by atoms with Gasteiger partial charge in [0.15, 0.2) is 0 Å². The minimum Gasteiger partial charge on any atom is -0.356 e. The fourth-order valence-electron chi connectivity index (χ4n) is 1.73. The molecule has 5 nitrogen and oxygen atoms in total. The van der Waals surface area contributed by atoms with Crippen LogP contribution in [0.1, 0.15) is 25.7 Å². The average Bonchev–Trinajstić information content (AvgIpc) is 2.28. The molecule has 0 saturated heterocycles. The van der Waals surface area contributed by atoms with Crippen molar-refractivity contribution in [1.82, 2.24) is 10.0 Å². The van der Waals surface area contributed by atoms with E-state index in [1.165, 1.54) is 0 Å². The van der Waals surface area contributed by atoms with Crippen molar-refractivity contribution < 1.29 is 13.2 Å². The smallest absolute Gasteiger partial charge is 0.223 e. The number of hydrogen-bond acceptors (Lipinski definition) is 3. The zero-order chi connectivity index (χ0) is 12.7. The Hall–Kier alpha value is -0.880. The van der Waals surface area contributed by atoms with Gasteiger partial charge >= 0.3 is 0 Å². The van der Waals surface area contributed by atoms with Crippen molar-refractivity contribution >= 4 is 15.9 Å². The monoisotopic (exact) mass is 260 g/mol. The Morgan fingerprint density at radius 1 is 1.35 bits per heavy atom. The van der Waals surface area contributed by atoms with Gasteiger partial charge in [-0.15, -0.1) is 0 Å². The molecule has 1 atom stereocenters. The zero-order valence-electron chi connectivity index (χ0n) is 10.1. The molecule has 0 fully saturated rings. The number of carbonyl (C=O) groups is 1. The topological polar surface area (TPSA) is 75.3 Å². The van der Waals surface area contributed by atoms with E-state index in [0.29, 0.717) is 19.5 Å². The highest BCUT2D eigenvalue weighted by atomic mass is 32.2. The molecule has 0 radical (unpaired) electrons. The molecule has 0 aromatic carbocycles. The van der Waals surface area contributed by atoms with Gasteiger partial charge in [0.25, 0.3) is 0 Å². The first kappa shape index (κ1) is 14.2. The molecular weight excluding hydrogens is 240 g/mol. The minimum atomic E-state index is -3.12.